The molecule has 0 aliphatic heterocycles. The molecule has 3 heteroatoms. The van der Waals surface area contributed by atoms with Crippen LogP contribution in [0.4, 0.5) is 4.39 Å². The van der Waals surface area contributed by atoms with Crippen molar-refractivity contribution in [3.05, 3.63) is 35.6 Å². The summed E-state index contributed by atoms with van der Waals surface area (Å²) in [6, 6.07) is 6.57. The first-order valence-electron chi connectivity index (χ1n) is 5.71. The maximum atomic E-state index is 12.6. The molecule has 0 radical (unpaired) electrons. The number of nitrogens with one attached hydrogen (secondary N) is 1. The number of hydrogen-bond acceptors (Lipinski definition) is 2. The molecule has 0 unspecified atom stereocenters. The molecule has 0 saturated heterocycles. The van der Waals surface area contributed by atoms with E-state index in [1.807, 2.05) is 13.8 Å². The summed E-state index contributed by atoms with van der Waals surface area (Å²) in [5, 5.41) is 3.32. The fourth-order valence-electron chi connectivity index (χ4n) is 1.50. The summed E-state index contributed by atoms with van der Waals surface area (Å²) in [6.45, 7) is 5.79. The van der Waals surface area contributed by atoms with Crippen molar-refractivity contribution in [1.29, 1.82) is 0 Å². The third-order valence-electron chi connectivity index (χ3n) is 2.42. The normalized spacial score (nSPS) is 11.8. The highest BCUT2D eigenvalue weighted by atomic mass is 19.1. The second-order valence-corrected chi connectivity index (χ2v) is 4.90. The van der Waals surface area contributed by atoms with Gasteiger partial charge < -0.3 is 11.1 Å². The zero-order valence-electron chi connectivity index (χ0n) is 10.1. The van der Waals surface area contributed by atoms with Crippen molar-refractivity contribution < 1.29 is 4.39 Å². The van der Waals surface area contributed by atoms with Crippen LogP contribution in [0.5, 0.6) is 0 Å². The second kappa shape index (κ2) is 5.97. The molecule has 0 heterocycles. The molecule has 0 bridgehead atoms. The van der Waals surface area contributed by atoms with Crippen molar-refractivity contribution >= 4 is 0 Å². The van der Waals surface area contributed by atoms with E-state index in [2.05, 4.69) is 5.32 Å². The molecule has 0 aliphatic carbocycles. The fraction of sp³-hybridized carbons (Fsp3) is 0.538. The zero-order chi connectivity index (χ0) is 12.0. The highest BCUT2D eigenvalue weighted by Crippen LogP contribution is 2.06. The van der Waals surface area contributed by atoms with Crippen LogP contribution in [0.15, 0.2) is 24.3 Å². The number of hydrogen-bond donors (Lipinski definition) is 2. The molecule has 1 aromatic carbocycles. The van der Waals surface area contributed by atoms with Crippen molar-refractivity contribution in [3.8, 4) is 0 Å². The van der Waals surface area contributed by atoms with E-state index in [-0.39, 0.29) is 11.4 Å². The smallest absolute Gasteiger partial charge is 0.123 e. The molecule has 2 nitrogen and oxygen atoms in total. The molecule has 0 amide bonds. The van der Waals surface area contributed by atoms with E-state index < -0.39 is 0 Å². The van der Waals surface area contributed by atoms with Crippen molar-refractivity contribution in [2.45, 2.75) is 38.8 Å². The standard InChI is InChI=1S/C13H21FN2/c1-13(2,15)8-3-9-16-10-11-4-6-12(14)7-5-11/h4-7,16H,3,8-10,15H2,1-2H3. The van der Waals surface area contributed by atoms with Gasteiger partial charge in [-0.2, -0.15) is 0 Å². The van der Waals surface area contributed by atoms with E-state index in [1.165, 1.54) is 12.1 Å². The molecule has 90 valence electrons. The molecule has 1 rings (SSSR count). The van der Waals surface area contributed by atoms with Gasteiger partial charge in [0.25, 0.3) is 0 Å². The summed E-state index contributed by atoms with van der Waals surface area (Å²) in [6.07, 6.45) is 2.06. The van der Waals surface area contributed by atoms with E-state index in [0.29, 0.717) is 0 Å². The van der Waals surface area contributed by atoms with Crippen LogP contribution in [-0.4, -0.2) is 12.1 Å². The Morgan fingerprint density at radius 2 is 1.88 bits per heavy atom. The van der Waals surface area contributed by atoms with Crippen LogP contribution in [0.3, 0.4) is 0 Å². The second-order valence-electron chi connectivity index (χ2n) is 4.90. The number of nitrogens with two attached hydrogens (primary N) is 1. The van der Waals surface area contributed by atoms with Gasteiger partial charge in [-0.05, 0) is 50.9 Å². The SMILES string of the molecule is CC(C)(N)CCCNCc1ccc(F)cc1. The Morgan fingerprint density at radius 3 is 2.44 bits per heavy atom. The molecule has 16 heavy (non-hydrogen) atoms. The van der Waals surface area contributed by atoms with Gasteiger partial charge in [-0.1, -0.05) is 12.1 Å². The van der Waals surface area contributed by atoms with Gasteiger partial charge in [0.1, 0.15) is 5.82 Å². The first kappa shape index (κ1) is 13.1. The molecular weight excluding hydrogens is 203 g/mol. The van der Waals surface area contributed by atoms with Crippen LogP contribution in [-0.2, 0) is 6.54 Å². The third-order valence-corrected chi connectivity index (χ3v) is 2.42. The van der Waals surface area contributed by atoms with E-state index in [1.54, 1.807) is 12.1 Å². The molecule has 3 N–H and O–H groups in total. The lowest BCUT2D eigenvalue weighted by Gasteiger charge is -2.17. The molecule has 0 aromatic heterocycles. The van der Waals surface area contributed by atoms with Crippen molar-refractivity contribution in [1.82, 2.24) is 5.32 Å². The van der Waals surface area contributed by atoms with Crippen molar-refractivity contribution in [2.75, 3.05) is 6.54 Å². The van der Waals surface area contributed by atoms with Gasteiger partial charge in [0.2, 0.25) is 0 Å². The van der Waals surface area contributed by atoms with Gasteiger partial charge in [0.05, 0.1) is 0 Å². The van der Waals surface area contributed by atoms with Crippen LogP contribution in [0.1, 0.15) is 32.3 Å². The Kier molecular flexibility index (Phi) is 4.90. The first-order valence-corrected chi connectivity index (χ1v) is 5.71. The summed E-state index contributed by atoms with van der Waals surface area (Å²) < 4.78 is 12.6. The quantitative estimate of drug-likeness (QED) is 0.728. The van der Waals surface area contributed by atoms with Crippen LogP contribution < -0.4 is 11.1 Å². The van der Waals surface area contributed by atoms with Gasteiger partial charge in [-0.25, -0.2) is 4.39 Å². The molecule has 0 fully saturated rings. The largest absolute Gasteiger partial charge is 0.326 e. The Hall–Kier alpha value is -0.930. The zero-order valence-corrected chi connectivity index (χ0v) is 10.1. The minimum Gasteiger partial charge on any atom is -0.326 e. The average Bonchev–Trinajstić information content (AvgIpc) is 2.19. The predicted octanol–water partition coefficient (Wildman–Crippen LogP) is 2.43. The first-order chi connectivity index (χ1) is 7.47. The fourth-order valence-corrected chi connectivity index (χ4v) is 1.50. The summed E-state index contributed by atoms with van der Waals surface area (Å²) in [7, 11) is 0. The summed E-state index contributed by atoms with van der Waals surface area (Å²) in [5.41, 5.74) is 6.90. The van der Waals surface area contributed by atoms with Gasteiger partial charge in [0, 0.05) is 12.1 Å². The molecule has 0 spiro atoms. The summed E-state index contributed by atoms with van der Waals surface area (Å²) >= 11 is 0. The number of rotatable bonds is 6. The maximum absolute atomic E-state index is 12.6. The predicted molar refractivity (Wildman–Crippen MR) is 65.6 cm³/mol. The van der Waals surface area contributed by atoms with Gasteiger partial charge >= 0.3 is 0 Å². The van der Waals surface area contributed by atoms with Gasteiger partial charge in [0.15, 0.2) is 0 Å². The Bertz CT molecular complexity index is 301. The van der Waals surface area contributed by atoms with Crippen LogP contribution in [0.25, 0.3) is 0 Å². The number of halogens is 1. The highest BCUT2D eigenvalue weighted by molar-refractivity contribution is 5.15. The van der Waals surface area contributed by atoms with Crippen LogP contribution in [0.2, 0.25) is 0 Å². The van der Waals surface area contributed by atoms with E-state index >= 15 is 0 Å². The molecule has 1 aromatic rings. The number of benzene rings is 1. The third kappa shape index (κ3) is 5.83. The van der Waals surface area contributed by atoms with E-state index in [9.17, 15) is 4.39 Å². The van der Waals surface area contributed by atoms with Gasteiger partial charge in [-0.15, -0.1) is 0 Å². The van der Waals surface area contributed by atoms with Crippen LogP contribution in [0, 0.1) is 5.82 Å². The minimum absolute atomic E-state index is 0.0858. The highest BCUT2D eigenvalue weighted by Gasteiger charge is 2.08. The van der Waals surface area contributed by atoms with Gasteiger partial charge in [-0.3, -0.25) is 0 Å². The molecule has 0 saturated carbocycles. The Morgan fingerprint density at radius 1 is 1.25 bits per heavy atom. The summed E-state index contributed by atoms with van der Waals surface area (Å²) in [5.74, 6) is -0.186. The van der Waals surface area contributed by atoms with E-state index in [4.69, 9.17) is 5.73 Å². The monoisotopic (exact) mass is 224 g/mol. The molecular formula is C13H21FN2. The lowest BCUT2D eigenvalue weighted by molar-refractivity contribution is 0.448. The van der Waals surface area contributed by atoms with Crippen molar-refractivity contribution in [3.63, 3.8) is 0 Å². The summed E-state index contributed by atoms with van der Waals surface area (Å²) in [4.78, 5) is 0. The van der Waals surface area contributed by atoms with Crippen LogP contribution >= 0.6 is 0 Å². The Labute approximate surface area is 97.0 Å². The topological polar surface area (TPSA) is 38.0 Å². The maximum Gasteiger partial charge on any atom is 0.123 e. The lowest BCUT2D eigenvalue weighted by Crippen LogP contribution is -2.32. The van der Waals surface area contributed by atoms with Crippen molar-refractivity contribution in [2.24, 2.45) is 5.73 Å². The Balaban J connectivity index is 2.14. The molecule has 0 aliphatic rings. The average molecular weight is 224 g/mol. The lowest BCUT2D eigenvalue weighted by atomic mass is 10.0. The van der Waals surface area contributed by atoms with E-state index in [0.717, 1.165) is 31.5 Å². The minimum atomic E-state index is -0.186. The molecule has 0 atom stereocenters.